The lowest BCUT2D eigenvalue weighted by Crippen LogP contribution is -2.47. The van der Waals surface area contributed by atoms with Gasteiger partial charge in [-0.15, -0.1) is 0 Å². The Morgan fingerprint density at radius 2 is 1.95 bits per heavy atom. The van der Waals surface area contributed by atoms with Crippen molar-refractivity contribution >= 4 is 5.91 Å². The number of nitrogens with zero attached hydrogens (tertiary/aromatic N) is 3. The maximum atomic E-state index is 13.9. The second kappa shape index (κ2) is 5.65. The summed E-state index contributed by atoms with van der Waals surface area (Å²) < 4.78 is 19.1. The molecule has 0 atom stereocenters. The highest BCUT2D eigenvalue weighted by Gasteiger charge is 2.26. The van der Waals surface area contributed by atoms with Gasteiger partial charge in [-0.3, -0.25) is 4.79 Å². The molecular formula is C15H16FN3O2. The molecule has 0 aliphatic carbocycles. The first kappa shape index (κ1) is 13.8. The van der Waals surface area contributed by atoms with Gasteiger partial charge in [0.2, 0.25) is 0 Å². The van der Waals surface area contributed by atoms with Gasteiger partial charge in [-0.25, -0.2) is 9.37 Å². The molecule has 1 saturated heterocycles. The Morgan fingerprint density at radius 1 is 1.24 bits per heavy atom. The third kappa shape index (κ3) is 2.67. The van der Waals surface area contributed by atoms with Crippen molar-refractivity contribution in [2.75, 3.05) is 33.2 Å². The van der Waals surface area contributed by atoms with E-state index in [9.17, 15) is 9.18 Å². The van der Waals surface area contributed by atoms with E-state index in [0.29, 0.717) is 13.1 Å². The summed E-state index contributed by atoms with van der Waals surface area (Å²) in [4.78, 5) is 20.4. The second-order valence-electron chi connectivity index (χ2n) is 5.11. The zero-order valence-electron chi connectivity index (χ0n) is 11.8. The number of carbonyl (C=O) groups excluding carboxylic acids is 1. The number of oxazole rings is 1. The zero-order valence-corrected chi connectivity index (χ0v) is 11.8. The largest absolute Gasteiger partial charge is 0.443 e. The number of likely N-dealkylation sites (N-methyl/N-ethyl adjacent to an activating group) is 1. The number of amides is 1. The summed E-state index contributed by atoms with van der Waals surface area (Å²) in [6, 6.07) is 6.21. The molecule has 5 nitrogen and oxygen atoms in total. The summed E-state index contributed by atoms with van der Waals surface area (Å²) in [5, 5.41) is 0. The molecule has 2 aromatic rings. The van der Waals surface area contributed by atoms with Gasteiger partial charge in [-0.2, -0.15) is 0 Å². The van der Waals surface area contributed by atoms with Crippen molar-refractivity contribution < 1.29 is 13.6 Å². The Labute approximate surface area is 122 Å². The SMILES string of the molecule is CN1CCN(C(=O)c2ncoc2-c2ccccc2F)CC1. The predicted molar refractivity (Wildman–Crippen MR) is 75.3 cm³/mol. The second-order valence-corrected chi connectivity index (χ2v) is 5.11. The molecule has 110 valence electrons. The van der Waals surface area contributed by atoms with Gasteiger partial charge in [0.05, 0.1) is 5.56 Å². The molecule has 1 aromatic carbocycles. The molecule has 1 aromatic heterocycles. The standard InChI is InChI=1S/C15H16FN3O2/c1-18-6-8-19(9-7-18)15(20)13-14(21-10-17-13)11-4-2-3-5-12(11)16/h2-5,10H,6-9H2,1H3. The van der Waals surface area contributed by atoms with Gasteiger partial charge < -0.3 is 14.2 Å². The van der Waals surface area contributed by atoms with Crippen molar-refractivity contribution in [3.63, 3.8) is 0 Å². The maximum absolute atomic E-state index is 13.9. The van der Waals surface area contributed by atoms with Crippen LogP contribution < -0.4 is 0 Å². The van der Waals surface area contributed by atoms with Crippen molar-refractivity contribution in [1.29, 1.82) is 0 Å². The van der Waals surface area contributed by atoms with Crippen LogP contribution in [-0.2, 0) is 0 Å². The summed E-state index contributed by atoms with van der Waals surface area (Å²) in [5.41, 5.74) is 0.428. The Hall–Kier alpha value is -2.21. The summed E-state index contributed by atoms with van der Waals surface area (Å²) >= 11 is 0. The van der Waals surface area contributed by atoms with Crippen LogP contribution in [0.2, 0.25) is 0 Å². The average molecular weight is 289 g/mol. The Balaban J connectivity index is 1.89. The molecule has 2 heterocycles. The van der Waals surface area contributed by atoms with Crippen LogP contribution in [0.15, 0.2) is 35.1 Å². The Bertz CT molecular complexity index is 648. The van der Waals surface area contributed by atoms with Crippen molar-refractivity contribution in [1.82, 2.24) is 14.8 Å². The topological polar surface area (TPSA) is 49.6 Å². The number of carbonyl (C=O) groups is 1. The van der Waals surface area contributed by atoms with Crippen molar-refractivity contribution in [3.8, 4) is 11.3 Å². The lowest BCUT2D eigenvalue weighted by molar-refractivity contribution is 0.0659. The fourth-order valence-corrected chi connectivity index (χ4v) is 2.39. The monoisotopic (exact) mass is 289 g/mol. The minimum absolute atomic E-state index is 0.171. The first-order chi connectivity index (χ1) is 10.2. The summed E-state index contributed by atoms with van der Waals surface area (Å²) in [6.07, 6.45) is 1.19. The Morgan fingerprint density at radius 3 is 2.67 bits per heavy atom. The van der Waals surface area contributed by atoms with Crippen LogP contribution in [0.4, 0.5) is 4.39 Å². The van der Waals surface area contributed by atoms with Crippen LogP contribution in [0.1, 0.15) is 10.5 Å². The summed E-state index contributed by atoms with van der Waals surface area (Å²) in [6.45, 7) is 2.91. The molecule has 6 heteroatoms. The molecule has 0 radical (unpaired) electrons. The number of hydrogen-bond donors (Lipinski definition) is 0. The Kier molecular flexibility index (Phi) is 3.70. The van der Waals surface area contributed by atoms with Crippen molar-refractivity contribution in [2.24, 2.45) is 0 Å². The number of benzene rings is 1. The smallest absolute Gasteiger partial charge is 0.276 e. The van der Waals surface area contributed by atoms with Gasteiger partial charge in [-0.1, -0.05) is 12.1 Å². The van der Waals surface area contributed by atoms with E-state index in [4.69, 9.17) is 4.42 Å². The summed E-state index contributed by atoms with van der Waals surface area (Å²) in [7, 11) is 2.02. The molecule has 1 amide bonds. The molecule has 0 bridgehead atoms. The van der Waals surface area contributed by atoms with Gasteiger partial charge in [0.15, 0.2) is 17.8 Å². The van der Waals surface area contributed by atoms with Crippen molar-refractivity contribution in [3.05, 3.63) is 42.2 Å². The number of aromatic nitrogens is 1. The van der Waals surface area contributed by atoms with Gasteiger partial charge in [-0.05, 0) is 19.2 Å². The highest BCUT2D eigenvalue weighted by atomic mass is 19.1. The van der Waals surface area contributed by atoms with E-state index < -0.39 is 5.82 Å². The number of piperazine rings is 1. The molecule has 3 rings (SSSR count). The molecule has 21 heavy (non-hydrogen) atoms. The molecule has 0 saturated carbocycles. The van der Waals surface area contributed by atoms with E-state index in [1.165, 1.54) is 12.5 Å². The maximum Gasteiger partial charge on any atom is 0.276 e. The average Bonchev–Trinajstić information content (AvgIpc) is 2.97. The first-order valence-electron chi connectivity index (χ1n) is 6.83. The van der Waals surface area contributed by atoms with E-state index in [-0.39, 0.29) is 22.9 Å². The van der Waals surface area contributed by atoms with E-state index in [2.05, 4.69) is 9.88 Å². The van der Waals surface area contributed by atoms with Gasteiger partial charge in [0.1, 0.15) is 5.82 Å². The minimum Gasteiger partial charge on any atom is -0.443 e. The molecule has 1 fully saturated rings. The lowest BCUT2D eigenvalue weighted by Gasteiger charge is -2.32. The number of rotatable bonds is 2. The third-order valence-corrected chi connectivity index (χ3v) is 3.68. The molecule has 1 aliphatic heterocycles. The predicted octanol–water partition coefficient (Wildman–Crippen LogP) is 1.87. The molecule has 0 unspecified atom stereocenters. The quantitative estimate of drug-likeness (QED) is 0.847. The molecule has 0 spiro atoms. The van der Waals surface area contributed by atoms with Crippen LogP contribution in [0.3, 0.4) is 0 Å². The van der Waals surface area contributed by atoms with E-state index >= 15 is 0 Å². The fourth-order valence-electron chi connectivity index (χ4n) is 2.39. The van der Waals surface area contributed by atoms with Gasteiger partial charge >= 0.3 is 0 Å². The normalized spacial score (nSPS) is 16.2. The fraction of sp³-hybridized carbons (Fsp3) is 0.333. The molecule has 1 aliphatic rings. The van der Waals surface area contributed by atoms with E-state index in [1.54, 1.807) is 23.1 Å². The van der Waals surface area contributed by atoms with Gasteiger partial charge in [0, 0.05) is 26.2 Å². The van der Waals surface area contributed by atoms with Crippen LogP contribution in [0.25, 0.3) is 11.3 Å². The van der Waals surface area contributed by atoms with Crippen LogP contribution in [0.5, 0.6) is 0 Å². The number of hydrogen-bond acceptors (Lipinski definition) is 4. The van der Waals surface area contributed by atoms with E-state index in [1.807, 2.05) is 7.05 Å². The molecular weight excluding hydrogens is 273 g/mol. The highest BCUT2D eigenvalue weighted by molar-refractivity contribution is 5.97. The highest BCUT2D eigenvalue weighted by Crippen LogP contribution is 2.26. The zero-order chi connectivity index (χ0) is 14.8. The third-order valence-electron chi connectivity index (χ3n) is 3.68. The van der Waals surface area contributed by atoms with Crippen LogP contribution >= 0.6 is 0 Å². The van der Waals surface area contributed by atoms with Gasteiger partial charge in [0.25, 0.3) is 5.91 Å². The van der Waals surface area contributed by atoms with E-state index in [0.717, 1.165) is 13.1 Å². The molecule has 0 N–H and O–H groups in total. The first-order valence-corrected chi connectivity index (χ1v) is 6.83. The summed E-state index contributed by atoms with van der Waals surface area (Å²) in [5.74, 6) is -0.450. The van der Waals surface area contributed by atoms with Crippen LogP contribution in [0, 0.1) is 5.82 Å². The van der Waals surface area contributed by atoms with Crippen LogP contribution in [-0.4, -0.2) is 53.9 Å². The minimum atomic E-state index is -0.429. The lowest BCUT2D eigenvalue weighted by atomic mass is 10.1. The number of halogens is 1. The van der Waals surface area contributed by atoms with Crippen molar-refractivity contribution in [2.45, 2.75) is 0 Å².